The molecular weight excluding hydrogens is 316 g/mol. The minimum absolute atomic E-state index is 0. The van der Waals surface area contributed by atoms with E-state index < -0.39 is 0 Å². The van der Waals surface area contributed by atoms with Crippen molar-refractivity contribution in [2.24, 2.45) is 0 Å². The highest BCUT2D eigenvalue weighted by Gasteiger charge is 2.24. The van der Waals surface area contributed by atoms with Gasteiger partial charge in [0, 0.05) is 18.1 Å². The largest absolute Gasteiger partial charge is 0.340 e. The van der Waals surface area contributed by atoms with Gasteiger partial charge in [-0.2, -0.15) is 0 Å². The summed E-state index contributed by atoms with van der Waals surface area (Å²) in [5.41, 5.74) is 1.15. The van der Waals surface area contributed by atoms with Gasteiger partial charge in [-0.1, -0.05) is 28.1 Å². The number of hydrogen-bond donors (Lipinski definition) is 1. The van der Waals surface area contributed by atoms with E-state index in [-0.39, 0.29) is 24.4 Å². The Kier molecular flexibility index (Phi) is 6.12. The van der Waals surface area contributed by atoms with Crippen LogP contribution in [0.3, 0.4) is 0 Å². The van der Waals surface area contributed by atoms with E-state index in [2.05, 4.69) is 21.2 Å². The highest BCUT2D eigenvalue weighted by Crippen LogP contribution is 2.13. The number of benzene rings is 1. The van der Waals surface area contributed by atoms with Crippen LogP contribution < -0.4 is 5.32 Å². The highest BCUT2D eigenvalue weighted by atomic mass is 79.9. The first-order chi connectivity index (χ1) is 8.16. The third-order valence-electron chi connectivity index (χ3n) is 3.07. The molecule has 1 heterocycles. The second kappa shape index (κ2) is 7.12. The van der Waals surface area contributed by atoms with Crippen LogP contribution in [0.2, 0.25) is 0 Å². The van der Waals surface area contributed by atoms with Crippen LogP contribution >= 0.6 is 28.3 Å². The van der Waals surface area contributed by atoms with Crippen molar-refractivity contribution in [2.75, 3.05) is 13.6 Å². The summed E-state index contributed by atoms with van der Waals surface area (Å²) in [6.45, 7) is 1.63. The van der Waals surface area contributed by atoms with Crippen molar-refractivity contribution in [3.63, 3.8) is 0 Å². The molecule has 0 aliphatic carbocycles. The summed E-state index contributed by atoms with van der Waals surface area (Å²) in [5.74, 6) is 0.199. The number of carbonyl (C=O) groups is 1. The molecule has 1 aliphatic heterocycles. The summed E-state index contributed by atoms with van der Waals surface area (Å²) in [7, 11) is 1.87. The molecule has 0 spiro atoms. The lowest BCUT2D eigenvalue weighted by Crippen LogP contribution is -2.41. The molecule has 1 atom stereocenters. The Labute approximate surface area is 122 Å². The predicted molar refractivity (Wildman–Crippen MR) is 78.9 cm³/mol. The quantitative estimate of drug-likeness (QED) is 0.922. The van der Waals surface area contributed by atoms with Crippen molar-refractivity contribution < 1.29 is 4.79 Å². The van der Waals surface area contributed by atoms with Gasteiger partial charge in [0.2, 0.25) is 5.91 Å². The molecule has 3 nitrogen and oxygen atoms in total. The van der Waals surface area contributed by atoms with Crippen LogP contribution in [0, 0.1) is 0 Å². The smallest absolute Gasteiger partial charge is 0.239 e. The predicted octanol–water partition coefficient (Wildman–Crippen LogP) is 2.58. The lowest BCUT2D eigenvalue weighted by molar-refractivity contribution is -0.132. The molecule has 1 amide bonds. The average Bonchev–Trinajstić information content (AvgIpc) is 2.84. The molecule has 18 heavy (non-hydrogen) atoms. The molecule has 1 fully saturated rings. The second-order valence-corrected chi connectivity index (χ2v) is 5.39. The maximum Gasteiger partial charge on any atom is 0.239 e. The Morgan fingerprint density at radius 2 is 2.11 bits per heavy atom. The Morgan fingerprint density at radius 1 is 1.44 bits per heavy atom. The number of rotatable bonds is 3. The number of likely N-dealkylation sites (N-methyl/N-ethyl adjacent to an activating group) is 1. The van der Waals surface area contributed by atoms with E-state index in [4.69, 9.17) is 0 Å². The first-order valence-corrected chi connectivity index (χ1v) is 6.69. The van der Waals surface area contributed by atoms with E-state index in [1.165, 1.54) is 0 Å². The summed E-state index contributed by atoms with van der Waals surface area (Å²) in [4.78, 5) is 13.9. The lowest BCUT2D eigenvalue weighted by atomic mass is 10.1. The van der Waals surface area contributed by atoms with Gasteiger partial charge in [0.1, 0.15) is 0 Å². The zero-order chi connectivity index (χ0) is 12.3. The minimum Gasteiger partial charge on any atom is -0.340 e. The van der Waals surface area contributed by atoms with Gasteiger partial charge >= 0.3 is 0 Å². The second-order valence-electron chi connectivity index (χ2n) is 4.47. The molecule has 1 N–H and O–H groups in total. The molecule has 0 bridgehead atoms. The van der Waals surface area contributed by atoms with Crippen molar-refractivity contribution in [2.45, 2.75) is 25.4 Å². The number of halogens is 2. The summed E-state index contributed by atoms with van der Waals surface area (Å²) in [6.07, 6.45) is 2.06. The zero-order valence-electron chi connectivity index (χ0n) is 10.4. The maximum atomic E-state index is 12.1. The third-order valence-corrected chi connectivity index (χ3v) is 3.60. The molecule has 1 aliphatic rings. The summed E-state index contributed by atoms with van der Waals surface area (Å²) in [5, 5.41) is 3.23. The average molecular weight is 334 g/mol. The van der Waals surface area contributed by atoms with Crippen LogP contribution in [0.5, 0.6) is 0 Å². The maximum absolute atomic E-state index is 12.1. The van der Waals surface area contributed by atoms with Gasteiger partial charge in [-0.05, 0) is 37.1 Å². The van der Waals surface area contributed by atoms with Gasteiger partial charge in [0.15, 0.2) is 0 Å². The van der Waals surface area contributed by atoms with Crippen molar-refractivity contribution >= 4 is 34.2 Å². The SMILES string of the molecule is CN(Cc1ccc(Br)cc1)C(=O)C1CCCN1.Cl. The molecule has 1 saturated heterocycles. The first-order valence-electron chi connectivity index (χ1n) is 5.89. The molecule has 5 heteroatoms. The fourth-order valence-electron chi connectivity index (χ4n) is 2.10. The molecule has 0 radical (unpaired) electrons. The zero-order valence-corrected chi connectivity index (χ0v) is 12.8. The van der Waals surface area contributed by atoms with Crippen LogP contribution in [0.15, 0.2) is 28.7 Å². The van der Waals surface area contributed by atoms with Crippen LogP contribution in [-0.2, 0) is 11.3 Å². The topological polar surface area (TPSA) is 32.3 Å². The Bertz CT molecular complexity index is 390. The van der Waals surface area contributed by atoms with Crippen molar-refractivity contribution in [3.8, 4) is 0 Å². The van der Waals surface area contributed by atoms with Crippen LogP contribution in [0.25, 0.3) is 0 Å². The number of hydrogen-bond acceptors (Lipinski definition) is 2. The number of nitrogens with zero attached hydrogens (tertiary/aromatic N) is 1. The molecule has 1 aromatic rings. The Morgan fingerprint density at radius 3 is 2.67 bits per heavy atom. The number of amides is 1. The molecule has 2 rings (SSSR count). The van der Waals surface area contributed by atoms with E-state index in [0.29, 0.717) is 6.54 Å². The van der Waals surface area contributed by atoms with Crippen LogP contribution in [0.4, 0.5) is 0 Å². The lowest BCUT2D eigenvalue weighted by Gasteiger charge is -2.21. The van der Waals surface area contributed by atoms with Gasteiger partial charge < -0.3 is 10.2 Å². The summed E-state index contributed by atoms with van der Waals surface area (Å²) < 4.78 is 1.06. The molecule has 0 aromatic heterocycles. The first kappa shape index (κ1) is 15.5. The van der Waals surface area contributed by atoms with E-state index in [1.54, 1.807) is 4.90 Å². The monoisotopic (exact) mass is 332 g/mol. The molecule has 100 valence electrons. The fraction of sp³-hybridized carbons (Fsp3) is 0.462. The molecular formula is C13H18BrClN2O. The highest BCUT2D eigenvalue weighted by molar-refractivity contribution is 9.10. The Balaban J connectivity index is 0.00000162. The van der Waals surface area contributed by atoms with Crippen LogP contribution in [-0.4, -0.2) is 30.4 Å². The standard InChI is InChI=1S/C13H17BrN2O.ClH/c1-16(13(17)12-3-2-8-15-12)9-10-4-6-11(14)7-5-10;/h4-7,12,15H,2-3,8-9H2,1H3;1H. The van der Waals surface area contributed by atoms with Crippen molar-refractivity contribution in [3.05, 3.63) is 34.3 Å². The normalized spacial score (nSPS) is 18.2. The van der Waals surface area contributed by atoms with E-state index in [0.717, 1.165) is 29.4 Å². The van der Waals surface area contributed by atoms with Crippen molar-refractivity contribution in [1.29, 1.82) is 0 Å². The minimum atomic E-state index is 0. The van der Waals surface area contributed by atoms with E-state index in [1.807, 2.05) is 31.3 Å². The number of nitrogens with one attached hydrogen (secondary N) is 1. The van der Waals surface area contributed by atoms with E-state index in [9.17, 15) is 4.79 Å². The van der Waals surface area contributed by atoms with Gasteiger partial charge in [-0.25, -0.2) is 0 Å². The van der Waals surface area contributed by atoms with E-state index >= 15 is 0 Å². The van der Waals surface area contributed by atoms with Crippen LogP contribution in [0.1, 0.15) is 18.4 Å². The van der Waals surface area contributed by atoms with Gasteiger partial charge in [0.25, 0.3) is 0 Å². The summed E-state index contributed by atoms with van der Waals surface area (Å²) >= 11 is 3.40. The third kappa shape index (κ3) is 3.97. The summed E-state index contributed by atoms with van der Waals surface area (Å²) in [6, 6.07) is 8.10. The van der Waals surface area contributed by atoms with Gasteiger partial charge in [-0.3, -0.25) is 4.79 Å². The Hall–Kier alpha value is -0.580. The fourth-order valence-corrected chi connectivity index (χ4v) is 2.37. The molecule has 1 aromatic carbocycles. The van der Waals surface area contributed by atoms with Gasteiger partial charge in [-0.15, -0.1) is 12.4 Å². The van der Waals surface area contributed by atoms with Gasteiger partial charge in [0.05, 0.1) is 6.04 Å². The molecule has 1 unspecified atom stereocenters. The number of carbonyl (C=O) groups excluding carboxylic acids is 1. The van der Waals surface area contributed by atoms with Crippen molar-refractivity contribution in [1.82, 2.24) is 10.2 Å². The molecule has 0 saturated carbocycles.